The number of amides is 3. The van der Waals surface area contributed by atoms with Crippen molar-refractivity contribution in [3.63, 3.8) is 0 Å². The van der Waals surface area contributed by atoms with Gasteiger partial charge in [-0.2, -0.15) is 0 Å². The van der Waals surface area contributed by atoms with E-state index in [1.54, 1.807) is 76.2 Å². The highest BCUT2D eigenvalue weighted by Gasteiger charge is 2.53. The number of esters is 2. The summed E-state index contributed by atoms with van der Waals surface area (Å²) in [5.41, 5.74) is 0.779. The summed E-state index contributed by atoms with van der Waals surface area (Å²) in [6.45, 7) is 9.58. The predicted molar refractivity (Wildman–Crippen MR) is 216 cm³/mol. The second-order valence-corrected chi connectivity index (χ2v) is 16.7. The van der Waals surface area contributed by atoms with Crippen molar-refractivity contribution in [1.82, 2.24) is 15.1 Å². The Morgan fingerprint density at radius 3 is 2.28 bits per heavy atom. The first kappa shape index (κ1) is 45.6. The Bertz CT molecular complexity index is 1590. The normalized spacial score (nSPS) is 22.1. The number of benzene rings is 1. The number of rotatable bonds is 19. The molecule has 2 N–H and O–H groups in total. The second-order valence-electron chi connectivity index (χ2n) is 16.7. The average molecular weight is 796 g/mol. The van der Waals surface area contributed by atoms with Crippen molar-refractivity contribution in [2.45, 2.75) is 160 Å². The third-order valence-corrected chi connectivity index (χ3v) is 10.5. The molecule has 1 aromatic carbocycles. The molecule has 3 aliphatic rings. The highest BCUT2D eigenvalue weighted by molar-refractivity contribution is 5.98. The zero-order chi connectivity index (χ0) is 41.8. The van der Waals surface area contributed by atoms with Crippen molar-refractivity contribution in [1.29, 1.82) is 0 Å². The lowest BCUT2D eigenvalue weighted by molar-refractivity contribution is -0.190. The molecular weight excluding hydrogens is 730 g/mol. The number of likely N-dealkylation sites (N-methyl/N-ethyl adjacent to an activating group) is 1. The van der Waals surface area contributed by atoms with Gasteiger partial charge in [0, 0.05) is 58.0 Å². The Morgan fingerprint density at radius 1 is 1.02 bits per heavy atom. The SMILES string of the molecule is CCCCCC1(CCCCC)OC2C=C(C(=O)N3CCCC3C(=O)NC(CO)CCC(=O)OC(C)(C)C)CC(OC(=O)c3ccc(C=CC(=O)N(C)C)cc3)C2O1. The number of aliphatic hydroxyl groups is 1. The lowest BCUT2D eigenvalue weighted by Gasteiger charge is -2.33. The van der Waals surface area contributed by atoms with Gasteiger partial charge in [0.2, 0.25) is 17.7 Å². The monoisotopic (exact) mass is 795 g/mol. The summed E-state index contributed by atoms with van der Waals surface area (Å²) in [6.07, 6.45) is 11.4. The van der Waals surface area contributed by atoms with E-state index in [0.717, 1.165) is 44.1 Å². The van der Waals surface area contributed by atoms with Crippen LogP contribution in [0.15, 0.2) is 42.0 Å². The van der Waals surface area contributed by atoms with Crippen LogP contribution in [0, 0.1) is 0 Å². The van der Waals surface area contributed by atoms with E-state index in [2.05, 4.69) is 19.2 Å². The molecule has 3 amide bonds. The van der Waals surface area contributed by atoms with E-state index in [9.17, 15) is 29.1 Å². The highest BCUT2D eigenvalue weighted by Crippen LogP contribution is 2.43. The molecule has 1 aliphatic carbocycles. The van der Waals surface area contributed by atoms with Crippen molar-refractivity contribution >= 4 is 35.7 Å². The summed E-state index contributed by atoms with van der Waals surface area (Å²) in [5.74, 6) is -2.80. The predicted octanol–water partition coefficient (Wildman–Crippen LogP) is 5.87. The summed E-state index contributed by atoms with van der Waals surface area (Å²) < 4.78 is 25.1. The van der Waals surface area contributed by atoms with Gasteiger partial charge in [0.1, 0.15) is 30.0 Å². The topological polar surface area (TPSA) is 161 Å². The maximum atomic E-state index is 14.4. The number of nitrogens with one attached hydrogen (secondary N) is 1. The quantitative estimate of drug-likeness (QED) is 0.0985. The molecule has 2 fully saturated rings. The van der Waals surface area contributed by atoms with Gasteiger partial charge in [-0.05, 0) is 82.7 Å². The van der Waals surface area contributed by atoms with Gasteiger partial charge in [0.05, 0.1) is 18.2 Å². The first-order chi connectivity index (χ1) is 27.1. The first-order valence-corrected chi connectivity index (χ1v) is 20.8. The number of ether oxygens (including phenoxy) is 4. The van der Waals surface area contributed by atoms with Crippen LogP contribution < -0.4 is 5.32 Å². The van der Waals surface area contributed by atoms with Crippen LogP contribution in [-0.4, -0.2) is 114 Å². The number of carbonyl (C=O) groups excluding carboxylic acids is 5. The van der Waals surface area contributed by atoms with E-state index in [1.807, 2.05) is 0 Å². The molecule has 0 aromatic heterocycles. The van der Waals surface area contributed by atoms with Crippen LogP contribution in [-0.2, 0) is 38.1 Å². The third-order valence-electron chi connectivity index (χ3n) is 10.5. The van der Waals surface area contributed by atoms with E-state index in [-0.39, 0.29) is 37.7 Å². The van der Waals surface area contributed by atoms with Gasteiger partial charge in [-0.15, -0.1) is 0 Å². The molecule has 13 nitrogen and oxygen atoms in total. The number of carbonyl (C=O) groups is 5. The van der Waals surface area contributed by atoms with Gasteiger partial charge >= 0.3 is 11.9 Å². The Hall–Kier alpha value is -4.07. The van der Waals surface area contributed by atoms with Crippen LogP contribution in [0.25, 0.3) is 6.08 Å². The fourth-order valence-electron chi connectivity index (χ4n) is 7.50. The third kappa shape index (κ3) is 13.2. The molecule has 0 bridgehead atoms. The Labute approximate surface area is 338 Å². The molecule has 4 rings (SSSR count). The molecular formula is C44H65N3O10. The lowest BCUT2D eigenvalue weighted by atomic mass is 9.91. The molecule has 0 radical (unpaired) electrons. The zero-order valence-corrected chi connectivity index (χ0v) is 35.1. The van der Waals surface area contributed by atoms with Crippen LogP contribution >= 0.6 is 0 Å². The second kappa shape index (κ2) is 21.1. The van der Waals surface area contributed by atoms with Gasteiger partial charge in [-0.1, -0.05) is 51.7 Å². The van der Waals surface area contributed by atoms with E-state index in [0.29, 0.717) is 43.4 Å². The summed E-state index contributed by atoms with van der Waals surface area (Å²) in [6, 6.07) is 5.26. The number of nitrogens with zero attached hydrogens (tertiary/aromatic N) is 2. The first-order valence-electron chi connectivity index (χ1n) is 20.8. The molecule has 1 aromatic rings. The van der Waals surface area contributed by atoms with Crippen molar-refractivity contribution in [2.24, 2.45) is 0 Å². The number of likely N-dealkylation sites (tertiary alicyclic amines) is 1. The molecule has 2 heterocycles. The van der Waals surface area contributed by atoms with Crippen molar-refractivity contribution in [2.75, 3.05) is 27.2 Å². The molecule has 0 saturated carbocycles. The van der Waals surface area contributed by atoms with E-state index in [4.69, 9.17) is 18.9 Å². The van der Waals surface area contributed by atoms with Gasteiger partial charge in [-0.3, -0.25) is 19.2 Å². The van der Waals surface area contributed by atoms with Gasteiger partial charge in [-0.25, -0.2) is 4.79 Å². The Kier molecular flexibility index (Phi) is 16.9. The smallest absolute Gasteiger partial charge is 0.338 e. The number of aliphatic hydroxyl groups excluding tert-OH is 1. The van der Waals surface area contributed by atoms with Crippen LogP contribution in [0.4, 0.5) is 0 Å². The standard InChI is InChI=1S/C44H65N3O10/c1-8-10-12-24-44(25-13-11-9-2)55-36-28-32(27-35(39(36)57-44)54-42(53)31-19-16-30(17-20-31)18-22-37(49)46(6)7)41(52)47-26-14-15-34(47)40(51)45-33(29-48)21-23-38(50)56-43(3,4)5/h16-20,22,28,33-36,39,48H,8-15,21,23-27,29H2,1-7H3,(H,45,51). The van der Waals surface area contributed by atoms with Crippen molar-refractivity contribution < 1.29 is 48.0 Å². The van der Waals surface area contributed by atoms with Crippen LogP contribution in [0.3, 0.4) is 0 Å². The molecule has 5 atom stereocenters. The summed E-state index contributed by atoms with van der Waals surface area (Å²) in [5, 5.41) is 12.9. The minimum atomic E-state index is -0.883. The molecule has 316 valence electrons. The maximum absolute atomic E-state index is 14.4. The number of unbranched alkanes of at least 4 members (excludes halogenated alkanes) is 4. The largest absolute Gasteiger partial charge is 0.460 e. The molecule has 13 heteroatoms. The minimum absolute atomic E-state index is 0.0189. The fraction of sp³-hybridized carbons (Fsp3) is 0.659. The Morgan fingerprint density at radius 2 is 1.68 bits per heavy atom. The summed E-state index contributed by atoms with van der Waals surface area (Å²) in [7, 11) is 3.34. The van der Waals surface area contributed by atoms with Gasteiger partial charge in [0.15, 0.2) is 5.79 Å². The fourth-order valence-corrected chi connectivity index (χ4v) is 7.50. The molecule has 5 unspecified atom stereocenters. The number of hydrogen-bond acceptors (Lipinski definition) is 10. The zero-order valence-electron chi connectivity index (χ0n) is 35.1. The molecule has 57 heavy (non-hydrogen) atoms. The van der Waals surface area contributed by atoms with Crippen LogP contribution in [0.5, 0.6) is 0 Å². The average Bonchev–Trinajstić information content (AvgIpc) is 3.81. The molecule has 0 spiro atoms. The number of fused-ring (bicyclic) bond motifs is 1. The summed E-state index contributed by atoms with van der Waals surface area (Å²) in [4.78, 5) is 69.0. The molecule has 2 saturated heterocycles. The van der Waals surface area contributed by atoms with Crippen LogP contribution in [0.2, 0.25) is 0 Å². The van der Waals surface area contributed by atoms with Crippen molar-refractivity contribution in [3.05, 3.63) is 53.1 Å². The van der Waals surface area contributed by atoms with E-state index >= 15 is 0 Å². The van der Waals surface area contributed by atoms with Gasteiger partial charge in [0.25, 0.3) is 0 Å². The lowest BCUT2D eigenvalue weighted by Crippen LogP contribution is -2.51. The number of hydrogen-bond donors (Lipinski definition) is 2. The molecule has 2 aliphatic heterocycles. The Balaban J connectivity index is 1.54. The van der Waals surface area contributed by atoms with Crippen LogP contribution in [0.1, 0.15) is 134 Å². The van der Waals surface area contributed by atoms with E-state index < -0.39 is 59.6 Å². The van der Waals surface area contributed by atoms with E-state index in [1.165, 1.54) is 11.0 Å². The minimum Gasteiger partial charge on any atom is -0.460 e. The van der Waals surface area contributed by atoms with Gasteiger partial charge < -0.3 is 39.2 Å². The van der Waals surface area contributed by atoms with Crippen molar-refractivity contribution in [3.8, 4) is 0 Å². The highest BCUT2D eigenvalue weighted by atomic mass is 16.8. The maximum Gasteiger partial charge on any atom is 0.338 e. The summed E-state index contributed by atoms with van der Waals surface area (Å²) >= 11 is 0.